The first kappa shape index (κ1) is 12.0. The van der Waals surface area contributed by atoms with Crippen LogP contribution in [0.25, 0.3) is 0 Å². The van der Waals surface area contributed by atoms with Crippen molar-refractivity contribution in [2.75, 3.05) is 7.05 Å². The highest BCUT2D eigenvalue weighted by atomic mass is 35.5. The molecule has 0 aliphatic carbocycles. The molecule has 0 fully saturated rings. The maximum absolute atomic E-state index is 5.71. The minimum atomic E-state index is 0.492. The lowest BCUT2D eigenvalue weighted by Gasteiger charge is -2.12. The molecule has 0 saturated heterocycles. The molecule has 3 nitrogen and oxygen atoms in total. The molecule has 6 heteroatoms. The second kappa shape index (κ2) is 5.72. The predicted octanol–water partition coefficient (Wildman–Crippen LogP) is 2.97. The molecule has 86 valence electrons. The zero-order chi connectivity index (χ0) is 11.4. The van der Waals surface area contributed by atoms with Crippen LogP contribution in [0, 0.1) is 0 Å². The van der Waals surface area contributed by atoms with Crippen molar-refractivity contribution in [3.63, 3.8) is 0 Å². The molecule has 0 saturated carbocycles. The number of hydrogen-bond donors (Lipinski definition) is 0. The summed E-state index contributed by atoms with van der Waals surface area (Å²) in [4.78, 5) is 10.9. The van der Waals surface area contributed by atoms with Gasteiger partial charge in [0.1, 0.15) is 5.01 Å². The first-order valence-corrected chi connectivity index (χ1v) is 7.18. The summed E-state index contributed by atoms with van der Waals surface area (Å²) in [6, 6.07) is 0. The van der Waals surface area contributed by atoms with E-state index < -0.39 is 0 Å². The zero-order valence-electron chi connectivity index (χ0n) is 8.89. The molecule has 2 aromatic heterocycles. The average molecular weight is 274 g/mol. The number of halogens is 1. The Balaban J connectivity index is 1.89. The van der Waals surface area contributed by atoms with Crippen molar-refractivity contribution in [2.24, 2.45) is 0 Å². The Kier molecular flexibility index (Phi) is 4.29. The van der Waals surface area contributed by atoms with Crippen molar-refractivity contribution >= 4 is 34.3 Å². The Hall–Kier alpha value is -0.490. The van der Waals surface area contributed by atoms with Crippen LogP contribution < -0.4 is 0 Å². The molecule has 0 atom stereocenters. The van der Waals surface area contributed by atoms with Gasteiger partial charge in [0.2, 0.25) is 0 Å². The number of thiazole rings is 2. The van der Waals surface area contributed by atoms with Gasteiger partial charge < -0.3 is 0 Å². The summed E-state index contributed by atoms with van der Waals surface area (Å²) in [6.45, 7) is 1.71. The van der Waals surface area contributed by atoms with Crippen LogP contribution in [0.3, 0.4) is 0 Å². The van der Waals surface area contributed by atoms with Gasteiger partial charge in [-0.3, -0.25) is 4.90 Å². The van der Waals surface area contributed by atoms with Crippen LogP contribution in [0.4, 0.5) is 0 Å². The number of aromatic nitrogens is 2. The Morgan fingerprint density at radius 2 is 2.19 bits per heavy atom. The van der Waals surface area contributed by atoms with E-state index in [2.05, 4.69) is 27.3 Å². The molecule has 0 aliphatic heterocycles. The Morgan fingerprint density at radius 1 is 1.31 bits per heavy atom. The molecule has 0 N–H and O–H groups in total. The van der Waals surface area contributed by atoms with E-state index in [0.29, 0.717) is 5.88 Å². The number of alkyl halides is 1. The fourth-order valence-electron chi connectivity index (χ4n) is 1.36. The SMILES string of the molecule is CN(Cc1cscn1)Cc1nc(CCl)cs1. The standard InChI is InChI=1S/C10H12ClN3S2/c1-14(3-9-5-15-7-12-9)4-10-13-8(2-11)6-16-10/h5-7H,2-4H2,1H3. The Morgan fingerprint density at radius 3 is 2.81 bits per heavy atom. The summed E-state index contributed by atoms with van der Waals surface area (Å²) < 4.78 is 0. The van der Waals surface area contributed by atoms with E-state index in [-0.39, 0.29) is 0 Å². The molecule has 2 aromatic rings. The Bertz CT molecular complexity index is 427. The van der Waals surface area contributed by atoms with E-state index in [4.69, 9.17) is 11.6 Å². The van der Waals surface area contributed by atoms with Crippen molar-refractivity contribution in [1.29, 1.82) is 0 Å². The third-order valence-corrected chi connectivity index (χ3v) is 3.85. The van der Waals surface area contributed by atoms with Gasteiger partial charge >= 0.3 is 0 Å². The summed E-state index contributed by atoms with van der Waals surface area (Å²) in [6.07, 6.45) is 0. The minimum Gasteiger partial charge on any atom is -0.294 e. The van der Waals surface area contributed by atoms with Gasteiger partial charge in [-0.05, 0) is 7.05 Å². The minimum absolute atomic E-state index is 0.492. The molecule has 0 spiro atoms. The average Bonchev–Trinajstić information content (AvgIpc) is 2.89. The molecular weight excluding hydrogens is 262 g/mol. The second-order valence-electron chi connectivity index (χ2n) is 3.52. The van der Waals surface area contributed by atoms with Crippen LogP contribution in [0.1, 0.15) is 16.4 Å². The molecule has 0 aliphatic rings. The number of rotatable bonds is 5. The Labute approximate surface area is 108 Å². The van der Waals surface area contributed by atoms with Gasteiger partial charge in [-0.2, -0.15) is 0 Å². The van der Waals surface area contributed by atoms with Crippen LogP contribution >= 0.6 is 34.3 Å². The van der Waals surface area contributed by atoms with Gasteiger partial charge in [0.15, 0.2) is 0 Å². The monoisotopic (exact) mass is 273 g/mol. The van der Waals surface area contributed by atoms with Crippen molar-refractivity contribution in [1.82, 2.24) is 14.9 Å². The molecule has 0 aromatic carbocycles. The highest BCUT2D eigenvalue weighted by Crippen LogP contribution is 2.14. The summed E-state index contributed by atoms with van der Waals surface area (Å²) in [5.41, 5.74) is 3.93. The van der Waals surface area contributed by atoms with Crippen LogP contribution in [0.15, 0.2) is 16.3 Å². The lowest BCUT2D eigenvalue weighted by Crippen LogP contribution is -2.17. The van der Waals surface area contributed by atoms with Gasteiger partial charge in [-0.15, -0.1) is 34.3 Å². The molecule has 16 heavy (non-hydrogen) atoms. The van der Waals surface area contributed by atoms with E-state index in [1.54, 1.807) is 22.7 Å². The van der Waals surface area contributed by atoms with Crippen LogP contribution in [0.2, 0.25) is 0 Å². The largest absolute Gasteiger partial charge is 0.294 e. The van der Waals surface area contributed by atoms with Crippen LogP contribution in [0.5, 0.6) is 0 Å². The van der Waals surface area contributed by atoms with E-state index in [0.717, 1.165) is 29.5 Å². The first-order chi connectivity index (χ1) is 7.78. The third-order valence-electron chi connectivity index (χ3n) is 2.06. The van der Waals surface area contributed by atoms with Gasteiger partial charge in [0, 0.05) is 17.3 Å². The number of nitrogens with zero attached hydrogens (tertiary/aromatic N) is 3. The molecular formula is C10H12ClN3S2. The van der Waals surface area contributed by atoms with Crippen LogP contribution in [-0.2, 0) is 19.0 Å². The third kappa shape index (κ3) is 3.25. The fourth-order valence-corrected chi connectivity index (χ4v) is 3.01. The maximum Gasteiger partial charge on any atom is 0.107 e. The summed E-state index contributed by atoms with van der Waals surface area (Å²) in [5, 5.41) is 5.19. The normalized spacial score (nSPS) is 11.2. The van der Waals surface area contributed by atoms with Gasteiger partial charge in [-0.1, -0.05) is 0 Å². The highest BCUT2D eigenvalue weighted by molar-refractivity contribution is 7.09. The zero-order valence-corrected chi connectivity index (χ0v) is 11.3. The van der Waals surface area contributed by atoms with E-state index >= 15 is 0 Å². The molecule has 2 heterocycles. The first-order valence-electron chi connectivity index (χ1n) is 4.83. The molecule has 0 bridgehead atoms. The maximum atomic E-state index is 5.71. The van der Waals surface area contributed by atoms with Crippen molar-refractivity contribution in [2.45, 2.75) is 19.0 Å². The smallest absolute Gasteiger partial charge is 0.107 e. The van der Waals surface area contributed by atoms with Gasteiger partial charge in [-0.25, -0.2) is 9.97 Å². The summed E-state index contributed by atoms with van der Waals surface area (Å²) in [5.74, 6) is 0.492. The summed E-state index contributed by atoms with van der Waals surface area (Å²) >= 11 is 9.00. The van der Waals surface area contributed by atoms with E-state index in [1.165, 1.54) is 0 Å². The molecule has 0 unspecified atom stereocenters. The second-order valence-corrected chi connectivity index (χ2v) is 5.45. The lowest BCUT2D eigenvalue weighted by atomic mass is 10.4. The molecule has 2 rings (SSSR count). The van der Waals surface area contributed by atoms with Crippen LogP contribution in [-0.4, -0.2) is 21.9 Å². The van der Waals surface area contributed by atoms with E-state index in [9.17, 15) is 0 Å². The van der Waals surface area contributed by atoms with Crippen molar-refractivity contribution in [3.05, 3.63) is 32.7 Å². The van der Waals surface area contributed by atoms with Gasteiger partial charge in [0.05, 0.1) is 29.3 Å². The predicted molar refractivity (Wildman–Crippen MR) is 69.0 cm³/mol. The lowest BCUT2D eigenvalue weighted by molar-refractivity contribution is 0.315. The molecule has 0 amide bonds. The van der Waals surface area contributed by atoms with Crippen molar-refractivity contribution < 1.29 is 0 Å². The topological polar surface area (TPSA) is 29.0 Å². The molecule has 0 radical (unpaired) electrons. The van der Waals surface area contributed by atoms with E-state index in [1.807, 2.05) is 10.9 Å². The van der Waals surface area contributed by atoms with Gasteiger partial charge in [0.25, 0.3) is 0 Å². The summed E-state index contributed by atoms with van der Waals surface area (Å²) in [7, 11) is 2.07. The number of hydrogen-bond acceptors (Lipinski definition) is 5. The quantitative estimate of drug-likeness (QED) is 0.785. The highest BCUT2D eigenvalue weighted by Gasteiger charge is 2.06. The fraction of sp³-hybridized carbons (Fsp3) is 0.400. The van der Waals surface area contributed by atoms with Crippen molar-refractivity contribution in [3.8, 4) is 0 Å².